The second-order valence-corrected chi connectivity index (χ2v) is 12.3. The minimum absolute atomic E-state index is 0.00991. The van der Waals surface area contributed by atoms with Crippen LogP contribution in [0.15, 0.2) is 48.5 Å². The Morgan fingerprint density at radius 3 is 2.46 bits per heavy atom. The summed E-state index contributed by atoms with van der Waals surface area (Å²) in [6.45, 7) is 14.4. The lowest BCUT2D eigenvalue weighted by atomic mass is 9.84. The number of hydrogen-bond donors (Lipinski definition) is 2. The normalized spacial score (nSPS) is 15.2. The molecule has 2 aromatic carbocycles. The zero-order chi connectivity index (χ0) is 28.3. The SMILES string of the molecule is CCOCCCNC(=O)c1cc(NC(=O)CC(C)CC(C)(C)C)ccc1N1CCC(Cc2ccccc2)CC1. The van der Waals surface area contributed by atoms with Crippen molar-refractivity contribution in [3.8, 4) is 0 Å². The number of carbonyl (C=O) groups is 2. The van der Waals surface area contributed by atoms with E-state index in [0.29, 0.717) is 43.3 Å². The number of ether oxygens (including phenoxy) is 1. The minimum atomic E-state index is -0.106. The quantitative estimate of drug-likeness (QED) is 0.280. The second kappa shape index (κ2) is 15.1. The van der Waals surface area contributed by atoms with Gasteiger partial charge in [0.1, 0.15) is 0 Å². The van der Waals surface area contributed by atoms with Gasteiger partial charge in [-0.25, -0.2) is 0 Å². The lowest BCUT2D eigenvalue weighted by molar-refractivity contribution is -0.117. The fourth-order valence-electron chi connectivity index (χ4n) is 5.66. The summed E-state index contributed by atoms with van der Waals surface area (Å²) in [5.74, 6) is 0.817. The molecule has 1 aliphatic heterocycles. The van der Waals surface area contributed by atoms with Crippen LogP contribution in [0.5, 0.6) is 0 Å². The Morgan fingerprint density at radius 2 is 1.79 bits per heavy atom. The molecule has 0 spiro atoms. The van der Waals surface area contributed by atoms with Crippen molar-refractivity contribution in [3.05, 3.63) is 59.7 Å². The van der Waals surface area contributed by atoms with Gasteiger partial charge in [0.05, 0.1) is 5.56 Å². The van der Waals surface area contributed by atoms with E-state index < -0.39 is 0 Å². The molecule has 1 saturated heterocycles. The molecule has 1 aliphatic rings. The van der Waals surface area contributed by atoms with Crippen LogP contribution in [0.4, 0.5) is 11.4 Å². The summed E-state index contributed by atoms with van der Waals surface area (Å²) in [5, 5.41) is 6.10. The van der Waals surface area contributed by atoms with Gasteiger partial charge in [0, 0.05) is 50.6 Å². The van der Waals surface area contributed by atoms with Crippen LogP contribution in [0.3, 0.4) is 0 Å². The van der Waals surface area contributed by atoms with Crippen LogP contribution >= 0.6 is 0 Å². The first-order valence-electron chi connectivity index (χ1n) is 14.7. The largest absolute Gasteiger partial charge is 0.382 e. The highest BCUT2D eigenvalue weighted by Gasteiger charge is 2.24. The first-order chi connectivity index (χ1) is 18.6. The van der Waals surface area contributed by atoms with Gasteiger partial charge >= 0.3 is 0 Å². The fraction of sp³-hybridized carbons (Fsp3) is 0.576. The third-order valence-electron chi connectivity index (χ3n) is 7.30. The van der Waals surface area contributed by atoms with Crippen molar-refractivity contribution in [2.75, 3.05) is 43.1 Å². The summed E-state index contributed by atoms with van der Waals surface area (Å²) >= 11 is 0. The molecule has 0 radical (unpaired) electrons. The zero-order valence-electron chi connectivity index (χ0n) is 24.7. The Morgan fingerprint density at radius 1 is 1.08 bits per heavy atom. The molecular weight excluding hydrogens is 486 g/mol. The standard InChI is InChI=1S/C33H49N3O3/c1-6-39-20-10-17-34-32(38)29-23-28(35-31(37)21-25(2)24-33(3,4)5)13-14-30(29)36-18-15-27(16-19-36)22-26-11-8-7-9-12-26/h7-9,11-14,23,25,27H,6,10,15-22,24H2,1-5H3,(H,34,38)(H,35,37). The summed E-state index contributed by atoms with van der Waals surface area (Å²) in [6, 6.07) is 16.5. The number of benzene rings is 2. The molecule has 6 heteroatoms. The number of rotatable bonds is 13. The van der Waals surface area contributed by atoms with Crippen molar-refractivity contribution in [1.82, 2.24) is 5.32 Å². The molecule has 39 heavy (non-hydrogen) atoms. The number of amides is 2. The number of nitrogens with zero attached hydrogens (tertiary/aromatic N) is 1. The van der Waals surface area contributed by atoms with Crippen molar-refractivity contribution in [1.29, 1.82) is 0 Å². The van der Waals surface area contributed by atoms with E-state index in [1.165, 1.54) is 5.56 Å². The third kappa shape index (κ3) is 10.7. The van der Waals surface area contributed by atoms with E-state index in [1.807, 2.05) is 25.1 Å². The van der Waals surface area contributed by atoms with Gasteiger partial charge in [0.2, 0.25) is 5.91 Å². The Kier molecular flexibility index (Phi) is 11.9. The number of carbonyl (C=O) groups excluding carboxylic acids is 2. The van der Waals surface area contributed by atoms with E-state index in [9.17, 15) is 9.59 Å². The molecule has 3 rings (SSSR count). The summed E-state index contributed by atoms with van der Waals surface area (Å²) < 4.78 is 5.41. The number of anilines is 2. The van der Waals surface area contributed by atoms with Gasteiger partial charge in [0.25, 0.3) is 5.91 Å². The highest BCUT2D eigenvalue weighted by molar-refractivity contribution is 6.02. The Balaban J connectivity index is 1.68. The Labute approximate surface area is 235 Å². The lowest BCUT2D eigenvalue weighted by Gasteiger charge is -2.35. The molecule has 6 nitrogen and oxygen atoms in total. The molecular formula is C33H49N3O3. The van der Waals surface area contributed by atoms with E-state index in [0.717, 1.165) is 50.9 Å². The molecule has 2 amide bonds. The maximum absolute atomic E-state index is 13.3. The molecule has 1 unspecified atom stereocenters. The van der Waals surface area contributed by atoms with Gasteiger partial charge in [-0.2, -0.15) is 0 Å². The Hall–Kier alpha value is -2.86. The Bertz CT molecular complexity index is 1040. The summed E-state index contributed by atoms with van der Waals surface area (Å²) in [4.78, 5) is 28.5. The van der Waals surface area contributed by atoms with E-state index in [-0.39, 0.29) is 23.1 Å². The monoisotopic (exact) mass is 535 g/mol. The van der Waals surface area contributed by atoms with Crippen LogP contribution in [0.25, 0.3) is 0 Å². The topological polar surface area (TPSA) is 70.7 Å². The van der Waals surface area contributed by atoms with Crippen LogP contribution in [0.1, 0.15) is 82.6 Å². The first-order valence-corrected chi connectivity index (χ1v) is 14.7. The van der Waals surface area contributed by atoms with Crippen LogP contribution in [0.2, 0.25) is 0 Å². The van der Waals surface area contributed by atoms with E-state index in [1.54, 1.807) is 0 Å². The van der Waals surface area contributed by atoms with E-state index in [4.69, 9.17) is 4.74 Å². The summed E-state index contributed by atoms with van der Waals surface area (Å²) in [6.07, 6.45) is 5.49. The molecule has 1 atom stereocenters. The molecule has 0 saturated carbocycles. The molecule has 0 bridgehead atoms. The van der Waals surface area contributed by atoms with Crippen LogP contribution < -0.4 is 15.5 Å². The van der Waals surface area contributed by atoms with Gasteiger partial charge < -0.3 is 20.3 Å². The average Bonchev–Trinajstić information content (AvgIpc) is 2.88. The van der Waals surface area contributed by atoms with Crippen molar-refractivity contribution in [2.45, 2.75) is 73.1 Å². The molecule has 0 aliphatic carbocycles. The van der Waals surface area contributed by atoms with Crippen LogP contribution in [-0.2, 0) is 16.0 Å². The minimum Gasteiger partial charge on any atom is -0.382 e. The zero-order valence-corrected chi connectivity index (χ0v) is 24.7. The second-order valence-electron chi connectivity index (χ2n) is 12.3. The summed E-state index contributed by atoms with van der Waals surface area (Å²) in [5.41, 5.74) is 3.80. The lowest BCUT2D eigenvalue weighted by Crippen LogP contribution is -2.36. The summed E-state index contributed by atoms with van der Waals surface area (Å²) in [7, 11) is 0. The van der Waals surface area contributed by atoms with Crippen molar-refractivity contribution in [3.63, 3.8) is 0 Å². The molecule has 1 heterocycles. The van der Waals surface area contributed by atoms with Gasteiger partial charge in [-0.15, -0.1) is 0 Å². The molecule has 1 fully saturated rings. The number of piperidine rings is 1. The molecule has 2 aromatic rings. The maximum Gasteiger partial charge on any atom is 0.253 e. The highest BCUT2D eigenvalue weighted by Crippen LogP contribution is 2.31. The van der Waals surface area contributed by atoms with Gasteiger partial charge in [-0.3, -0.25) is 9.59 Å². The predicted octanol–water partition coefficient (Wildman–Crippen LogP) is 6.70. The van der Waals surface area contributed by atoms with Gasteiger partial charge in [0.15, 0.2) is 0 Å². The average molecular weight is 536 g/mol. The first kappa shape index (κ1) is 30.7. The molecule has 2 N–H and O–H groups in total. The number of nitrogens with one attached hydrogen (secondary N) is 2. The van der Waals surface area contributed by atoms with Crippen LogP contribution in [0, 0.1) is 17.3 Å². The van der Waals surface area contributed by atoms with Crippen molar-refractivity contribution >= 4 is 23.2 Å². The van der Waals surface area contributed by atoms with Crippen molar-refractivity contribution in [2.24, 2.45) is 17.3 Å². The highest BCUT2D eigenvalue weighted by atomic mass is 16.5. The molecule has 0 aromatic heterocycles. The maximum atomic E-state index is 13.3. The predicted molar refractivity (Wildman–Crippen MR) is 161 cm³/mol. The van der Waals surface area contributed by atoms with Gasteiger partial charge in [-0.1, -0.05) is 58.0 Å². The van der Waals surface area contributed by atoms with Gasteiger partial charge in [-0.05, 0) is 80.0 Å². The van der Waals surface area contributed by atoms with E-state index >= 15 is 0 Å². The smallest absolute Gasteiger partial charge is 0.253 e. The van der Waals surface area contributed by atoms with E-state index in [2.05, 4.69) is 73.6 Å². The third-order valence-corrected chi connectivity index (χ3v) is 7.30. The molecule has 214 valence electrons. The van der Waals surface area contributed by atoms with Crippen LogP contribution in [-0.4, -0.2) is 44.7 Å². The fourth-order valence-corrected chi connectivity index (χ4v) is 5.66. The van der Waals surface area contributed by atoms with Crippen molar-refractivity contribution < 1.29 is 14.3 Å². The number of hydrogen-bond acceptors (Lipinski definition) is 4.